The molecule has 1 aliphatic heterocycles. The number of nitriles is 1. The molecule has 33 heavy (non-hydrogen) atoms. The first-order valence-corrected chi connectivity index (χ1v) is 15.3. The number of amides is 1. The average molecular weight is 472 g/mol. The van der Waals surface area contributed by atoms with E-state index in [-0.39, 0.29) is 6.09 Å². The zero-order chi connectivity index (χ0) is 24.3. The van der Waals surface area contributed by atoms with Crippen molar-refractivity contribution in [1.82, 2.24) is 14.7 Å². The van der Waals surface area contributed by atoms with Gasteiger partial charge in [0.15, 0.2) is 0 Å². The van der Waals surface area contributed by atoms with E-state index in [1.165, 1.54) is 0 Å². The van der Waals surface area contributed by atoms with Crippen LogP contribution in [0.2, 0.25) is 25.7 Å². The van der Waals surface area contributed by atoms with Crippen molar-refractivity contribution in [2.24, 2.45) is 0 Å². The number of carbonyl (C=O) groups excluding carboxylic acids is 1. The molecule has 1 saturated heterocycles. The molecule has 0 unspecified atom stereocenters. The first-order valence-electron chi connectivity index (χ1n) is 11.6. The van der Waals surface area contributed by atoms with Gasteiger partial charge in [0.05, 0.1) is 17.8 Å². The minimum Gasteiger partial charge on any atom is -0.444 e. The van der Waals surface area contributed by atoms with Gasteiger partial charge in [0, 0.05) is 51.7 Å². The number of nitrogens with one attached hydrogen (secondary N) is 1. The van der Waals surface area contributed by atoms with Crippen molar-refractivity contribution in [2.75, 3.05) is 25.0 Å². The third-order valence-corrected chi connectivity index (χ3v) is 7.42. The fraction of sp³-hybridized carbons (Fsp3) is 0.625. The van der Waals surface area contributed by atoms with Gasteiger partial charge in [-0.15, -0.1) is 0 Å². The zero-order valence-corrected chi connectivity index (χ0v) is 21.8. The number of hydrogen-bond acceptors (Lipinski definition) is 6. The summed E-state index contributed by atoms with van der Waals surface area (Å²) in [5, 5.41) is 18.8. The lowest BCUT2D eigenvalue weighted by Gasteiger charge is -2.38. The van der Waals surface area contributed by atoms with Crippen molar-refractivity contribution in [3.63, 3.8) is 0 Å². The molecule has 3 rings (SSSR count). The Morgan fingerprint density at radius 3 is 2.58 bits per heavy atom. The Morgan fingerprint density at radius 2 is 1.97 bits per heavy atom. The number of nitrogens with zero attached hydrogens (tertiary/aromatic N) is 4. The van der Waals surface area contributed by atoms with Crippen LogP contribution in [0.25, 0.3) is 10.9 Å². The number of aromatic nitrogens is 2. The molecule has 8 nitrogen and oxygen atoms in total. The van der Waals surface area contributed by atoms with Crippen molar-refractivity contribution in [3.8, 4) is 6.07 Å². The predicted molar refractivity (Wildman–Crippen MR) is 133 cm³/mol. The highest BCUT2D eigenvalue weighted by atomic mass is 28.3. The van der Waals surface area contributed by atoms with Crippen LogP contribution in [-0.4, -0.2) is 59.7 Å². The second-order valence-electron chi connectivity index (χ2n) is 11.1. The van der Waals surface area contributed by atoms with Gasteiger partial charge < -0.3 is 19.7 Å². The summed E-state index contributed by atoms with van der Waals surface area (Å²) < 4.78 is 13.2. The second-order valence-corrected chi connectivity index (χ2v) is 16.7. The Bertz CT molecular complexity index is 1010. The summed E-state index contributed by atoms with van der Waals surface area (Å²) in [7, 11) is -1.11. The van der Waals surface area contributed by atoms with E-state index >= 15 is 0 Å². The normalized spacial score (nSPS) is 16.5. The van der Waals surface area contributed by atoms with Gasteiger partial charge in [0.25, 0.3) is 0 Å². The molecule has 2 heterocycles. The van der Waals surface area contributed by atoms with Gasteiger partial charge >= 0.3 is 6.09 Å². The summed E-state index contributed by atoms with van der Waals surface area (Å²) in [5.74, 6) is 0. The highest BCUT2D eigenvalue weighted by Crippen LogP contribution is 2.29. The topological polar surface area (TPSA) is 92.4 Å². The van der Waals surface area contributed by atoms with E-state index in [4.69, 9.17) is 9.47 Å². The van der Waals surface area contributed by atoms with E-state index < -0.39 is 19.2 Å². The molecule has 1 aromatic carbocycles. The zero-order valence-electron chi connectivity index (χ0n) is 20.8. The molecule has 0 spiro atoms. The van der Waals surface area contributed by atoms with Gasteiger partial charge in [0.2, 0.25) is 0 Å². The molecule has 0 saturated carbocycles. The van der Waals surface area contributed by atoms with E-state index in [0.29, 0.717) is 32.7 Å². The monoisotopic (exact) mass is 471 g/mol. The Kier molecular flexibility index (Phi) is 7.39. The molecule has 0 atom stereocenters. The number of fused-ring (bicyclic) bond motifs is 1. The third-order valence-electron chi connectivity index (χ3n) is 5.72. The highest BCUT2D eigenvalue weighted by molar-refractivity contribution is 6.76. The van der Waals surface area contributed by atoms with Crippen LogP contribution >= 0.6 is 0 Å². The Morgan fingerprint density at radius 1 is 1.27 bits per heavy atom. The van der Waals surface area contributed by atoms with Crippen molar-refractivity contribution in [2.45, 2.75) is 77.2 Å². The number of anilines is 1. The van der Waals surface area contributed by atoms with Crippen LogP contribution in [0, 0.1) is 11.3 Å². The Labute approximate surface area is 197 Å². The summed E-state index contributed by atoms with van der Waals surface area (Å²) in [5.41, 5.74) is 0.619. The summed E-state index contributed by atoms with van der Waals surface area (Å²) in [6.07, 6.45) is 2.57. The quantitative estimate of drug-likeness (QED) is 0.448. The van der Waals surface area contributed by atoms with Gasteiger partial charge in [-0.25, -0.2) is 9.48 Å². The maximum atomic E-state index is 12.3. The molecular weight excluding hydrogens is 434 g/mol. The minimum atomic E-state index is -1.11. The first kappa shape index (κ1) is 25.1. The maximum Gasteiger partial charge on any atom is 0.410 e. The number of hydrogen-bond donors (Lipinski definition) is 1. The molecule has 1 aromatic heterocycles. The van der Waals surface area contributed by atoms with Crippen molar-refractivity contribution in [1.29, 1.82) is 5.26 Å². The lowest BCUT2D eigenvalue weighted by molar-refractivity contribution is 0.0195. The van der Waals surface area contributed by atoms with E-state index in [2.05, 4.69) is 36.1 Å². The molecule has 1 fully saturated rings. The smallest absolute Gasteiger partial charge is 0.410 e. The van der Waals surface area contributed by atoms with Crippen molar-refractivity contribution in [3.05, 3.63) is 24.4 Å². The second kappa shape index (κ2) is 9.73. The Hall–Kier alpha value is -2.57. The lowest BCUT2D eigenvalue weighted by atomic mass is 9.88. The summed E-state index contributed by atoms with van der Waals surface area (Å²) in [6, 6.07) is 9.57. The largest absolute Gasteiger partial charge is 0.444 e. The fourth-order valence-electron chi connectivity index (χ4n) is 3.74. The number of carbonyl (C=O) groups is 1. The molecule has 1 amide bonds. The van der Waals surface area contributed by atoms with Crippen LogP contribution in [0.4, 0.5) is 10.5 Å². The third kappa shape index (κ3) is 6.95. The summed E-state index contributed by atoms with van der Waals surface area (Å²) >= 11 is 0. The number of rotatable bonds is 7. The summed E-state index contributed by atoms with van der Waals surface area (Å²) in [4.78, 5) is 14.0. The molecule has 1 aliphatic rings. The fourth-order valence-corrected chi connectivity index (χ4v) is 4.49. The number of ether oxygens (including phenoxy) is 2. The van der Waals surface area contributed by atoms with Crippen molar-refractivity contribution < 1.29 is 14.3 Å². The summed E-state index contributed by atoms with van der Waals surface area (Å²) in [6.45, 7) is 14.7. The molecule has 1 N–H and O–H groups in total. The molecule has 9 heteroatoms. The highest BCUT2D eigenvalue weighted by Gasteiger charge is 2.37. The minimum absolute atomic E-state index is 0.324. The first-order chi connectivity index (χ1) is 15.4. The van der Waals surface area contributed by atoms with Crippen LogP contribution < -0.4 is 5.32 Å². The number of piperidine rings is 1. The molecule has 0 bridgehead atoms. The maximum absolute atomic E-state index is 12.3. The van der Waals surface area contributed by atoms with Gasteiger partial charge in [-0.05, 0) is 45.0 Å². The number of benzene rings is 1. The molecule has 2 aromatic rings. The van der Waals surface area contributed by atoms with Gasteiger partial charge in [0.1, 0.15) is 17.9 Å². The van der Waals surface area contributed by atoms with Crippen LogP contribution in [0.3, 0.4) is 0 Å². The van der Waals surface area contributed by atoms with Crippen LogP contribution in [0.1, 0.15) is 33.6 Å². The van der Waals surface area contributed by atoms with E-state index in [1.54, 1.807) is 4.90 Å². The van der Waals surface area contributed by atoms with Gasteiger partial charge in [-0.3, -0.25) is 0 Å². The van der Waals surface area contributed by atoms with Crippen LogP contribution in [-0.2, 0) is 16.2 Å². The number of likely N-dealkylation sites (tertiary alicyclic amines) is 1. The van der Waals surface area contributed by atoms with E-state index in [9.17, 15) is 10.1 Å². The van der Waals surface area contributed by atoms with Gasteiger partial charge in [-0.1, -0.05) is 19.6 Å². The molecule has 180 valence electrons. The van der Waals surface area contributed by atoms with Gasteiger partial charge in [-0.2, -0.15) is 10.4 Å². The molecule has 0 aliphatic carbocycles. The SMILES string of the molecule is CC(C)(C)OC(=O)N1CCC(C#N)(Nc2ccc3c(cnn3COCC[Si](C)(C)C)c2)CC1. The van der Waals surface area contributed by atoms with Crippen molar-refractivity contribution >= 4 is 30.8 Å². The van der Waals surface area contributed by atoms with Crippen LogP contribution in [0.5, 0.6) is 0 Å². The Balaban J connectivity index is 1.61. The lowest BCUT2D eigenvalue weighted by Crippen LogP contribution is -2.51. The molecule has 0 radical (unpaired) electrons. The van der Waals surface area contributed by atoms with E-state index in [0.717, 1.165) is 29.2 Å². The standard InChI is InChI=1S/C24H37N5O3Si/c1-23(2,3)32-22(30)28-11-9-24(17-25,10-12-28)27-20-7-8-21-19(15-20)16-26-29(21)18-31-13-14-33(4,5)6/h7-8,15-16,27H,9-14,18H2,1-6H3. The average Bonchev–Trinajstić information content (AvgIpc) is 3.12. The molecular formula is C24H37N5O3Si. The van der Waals surface area contributed by atoms with E-state index in [1.807, 2.05) is 49.8 Å². The predicted octanol–water partition coefficient (Wildman–Crippen LogP) is 5.05. The van der Waals surface area contributed by atoms with Crippen LogP contribution in [0.15, 0.2) is 24.4 Å².